The maximum Gasteiger partial charge on any atom is 0.151 e. The summed E-state index contributed by atoms with van der Waals surface area (Å²) in [5, 5.41) is 3.20. The number of rotatable bonds is 4. The summed E-state index contributed by atoms with van der Waals surface area (Å²) in [6.45, 7) is 0.748. The lowest BCUT2D eigenvalue weighted by molar-refractivity contribution is 0.370. The highest BCUT2D eigenvalue weighted by Crippen LogP contribution is 2.24. The Morgan fingerprint density at radius 2 is 2.11 bits per heavy atom. The van der Waals surface area contributed by atoms with Crippen LogP contribution in [0.1, 0.15) is 31.2 Å². The van der Waals surface area contributed by atoms with E-state index < -0.39 is 9.84 Å². The van der Waals surface area contributed by atoms with Crippen LogP contribution in [0.15, 0.2) is 18.5 Å². The predicted molar refractivity (Wildman–Crippen MR) is 73.1 cm³/mol. The van der Waals surface area contributed by atoms with E-state index in [1.807, 2.05) is 17.8 Å². The summed E-state index contributed by atoms with van der Waals surface area (Å²) in [6.07, 6.45) is 9.34. The van der Waals surface area contributed by atoms with Crippen molar-refractivity contribution in [2.24, 2.45) is 7.05 Å². The summed E-state index contributed by atoms with van der Waals surface area (Å²) in [5.41, 5.74) is 1.20. The van der Waals surface area contributed by atoms with Crippen molar-refractivity contribution in [3.05, 3.63) is 24.0 Å². The van der Waals surface area contributed by atoms with E-state index in [0.29, 0.717) is 0 Å². The van der Waals surface area contributed by atoms with Gasteiger partial charge in [-0.15, -0.1) is 0 Å². The van der Waals surface area contributed by atoms with E-state index in [-0.39, 0.29) is 11.3 Å². The van der Waals surface area contributed by atoms with Crippen molar-refractivity contribution in [1.82, 2.24) is 9.88 Å². The largest absolute Gasteiger partial charge is 0.357 e. The lowest BCUT2D eigenvalue weighted by Gasteiger charge is -2.30. The fraction of sp³-hybridized carbons (Fsp3) is 0.692. The minimum Gasteiger partial charge on any atom is -0.357 e. The summed E-state index contributed by atoms with van der Waals surface area (Å²) in [7, 11) is -0.952. The molecule has 5 heteroatoms. The standard InChI is InChI=1S/C13H22N2O2S/c1-15-8-7-11(10-15)9-14-12-5-3-4-6-13(12)18(2,16)17/h7-8,10,12-14H,3-6,9H2,1-2H3. The molecule has 18 heavy (non-hydrogen) atoms. The molecule has 0 saturated heterocycles. The first-order valence-corrected chi connectivity index (χ1v) is 8.45. The molecule has 1 aromatic heterocycles. The van der Waals surface area contributed by atoms with Crippen LogP contribution in [0.25, 0.3) is 0 Å². The van der Waals surface area contributed by atoms with Crippen LogP contribution in [0.5, 0.6) is 0 Å². The Bertz CT molecular complexity index is 493. The van der Waals surface area contributed by atoms with Crippen LogP contribution in [0.4, 0.5) is 0 Å². The Morgan fingerprint density at radius 1 is 1.39 bits per heavy atom. The van der Waals surface area contributed by atoms with Crippen LogP contribution < -0.4 is 5.32 Å². The summed E-state index contributed by atoms with van der Waals surface area (Å²) >= 11 is 0. The smallest absolute Gasteiger partial charge is 0.151 e. The molecular formula is C13H22N2O2S. The van der Waals surface area contributed by atoms with Gasteiger partial charge in [-0.25, -0.2) is 8.42 Å². The van der Waals surface area contributed by atoms with E-state index >= 15 is 0 Å². The van der Waals surface area contributed by atoms with Crippen molar-refractivity contribution in [2.75, 3.05) is 6.26 Å². The molecule has 1 heterocycles. The molecule has 0 radical (unpaired) electrons. The number of nitrogens with zero attached hydrogens (tertiary/aromatic N) is 1. The Morgan fingerprint density at radius 3 is 2.72 bits per heavy atom. The van der Waals surface area contributed by atoms with Crippen LogP contribution in [-0.4, -0.2) is 30.5 Å². The zero-order chi connectivity index (χ0) is 13.2. The zero-order valence-electron chi connectivity index (χ0n) is 11.1. The zero-order valence-corrected chi connectivity index (χ0v) is 11.9. The van der Waals surface area contributed by atoms with Crippen LogP contribution in [-0.2, 0) is 23.4 Å². The minimum absolute atomic E-state index is 0.106. The second kappa shape index (κ2) is 5.45. The molecule has 0 spiro atoms. The fourth-order valence-corrected chi connectivity index (χ4v) is 4.18. The van der Waals surface area contributed by atoms with Crippen LogP contribution in [0, 0.1) is 0 Å². The second-order valence-electron chi connectivity index (χ2n) is 5.33. The van der Waals surface area contributed by atoms with Gasteiger partial charge in [0.1, 0.15) is 0 Å². The van der Waals surface area contributed by atoms with Gasteiger partial charge in [0, 0.05) is 38.3 Å². The van der Waals surface area contributed by atoms with Gasteiger partial charge in [0.25, 0.3) is 0 Å². The first-order valence-electron chi connectivity index (χ1n) is 6.50. The minimum atomic E-state index is -2.94. The fourth-order valence-electron chi connectivity index (χ4n) is 2.76. The van der Waals surface area contributed by atoms with Gasteiger partial charge < -0.3 is 9.88 Å². The highest BCUT2D eigenvalue weighted by atomic mass is 32.2. The molecular weight excluding hydrogens is 248 g/mol. The molecule has 1 aliphatic rings. The van der Waals surface area contributed by atoms with Crippen molar-refractivity contribution < 1.29 is 8.42 Å². The van der Waals surface area contributed by atoms with Gasteiger partial charge >= 0.3 is 0 Å². The highest BCUT2D eigenvalue weighted by Gasteiger charge is 2.32. The number of aromatic nitrogens is 1. The third kappa shape index (κ3) is 3.36. The van der Waals surface area contributed by atoms with Crippen molar-refractivity contribution in [3.8, 4) is 0 Å². The van der Waals surface area contributed by atoms with E-state index in [4.69, 9.17) is 0 Å². The van der Waals surface area contributed by atoms with Gasteiger partial charge in [0.15, 0.2) is 9.84 Å². The Labute approximate surface area is 109 Å². The summed E-state index contributed by atoms with van der Waals surface area (Å²) < 4.78 is 25.5. The third-order valence-electron chi connectivity index (χ3n) is 3.71. The molecule has 0 amide bonds. The molecule has 1 aromatic rings. The lowest BCUT2D eigenvalue weighted by atomic mass is 9.95. The van der Waals surface area contributed by atoms with Gasteiger partial charge in [-0.05, 0) is 24.5 Å². The first-order chi connectivity index (χ1) is 8.47. The number of aryl methyl sites for hydroxylation is 1. The Balaban J connectivity index is 1.98. The Kier molecular flexibility index (Phi) is 4.12. The monoisotopic (exact) mass is 270 g/mol. The van der Waals surface area contributed by atoms with Crippen LogP contribution >= 0.6 is 0 Å². The average Bonchev–Trinajstić information content (AvgIpc) is 2.72. The summed E-state index contributed by atoms with van der Waals surface area (Å²) in [6, 6.07) is 2.17. The molecule has 1 fully saturated rings. The molecule has 2 unspecified atom stereocenters. The molecule has 102 valence electrons. The van der Waals surface area contributed by atoms with E-state index in [1.54, 1.807) is 0 Å². The molecule has 0 bridgehead atoms. The topological polar surface area (TPSA) is 51.1 Å². The summed E-state index contributed by atoms with van der Waals surface area (Å²) in [5.74, 6) is 0. The number of hydrogen-bond donors (Lipinski definition) is 1. The predicted octanol–water partition coefficient (Wildman–Crippen LogP) is 1.47. The van der Waals surface area contributed by atoms with Crippen molar-refractivity contribution in [2.45, 2.75) is 43.5 Å². The molecule has 4 nitrogen and oxygen atoms in total. The van der Waals surface area contributed by atoms with Gasteiger partial charge in [0.05, 0.1) is 5.25 Å². The van der Waals surface area contributed by atoms with Crippen molar-refractivity contribution in [1.29, 1.82) is 0 Å². The van der Waals surface area contributed by atoms with Gasteiger partial charge in [-0.1, -0.05) is 12.8 Å². The molecule has 2 rings (SSSR count). The first kappa shape index (κ1) is 13.6. The maximum absolute atomic E-state index is 11.8. The molecule has 1 saturated carbocycles. The van der Waals surface area contributed by atoms with Crippen molar-refractivity contribution in [3.63, 3.8) is 0 Å². The van der Waals surface area contributed by atoms with Crippen LogP contribution in [0.3, 0.4) is 0 Å². The van der Waals surface area contributed by atoms with E-state index in [1.165, 1.54) is 11.8 Å². The van der Waals surface area contributed by atoms with Crippen molar-refractivity contribution >= 4 is 9.84 Å². The average molecular weight is 270 g/mol. The lowest BCUT2D eigenvalue weighted by Crippen LogP contribution is -2.45. The molecule has 0 aromatic carbocycles. The molecule has 0 aliphatic heterocycles. The number of nitrogens with one attached hydrogen (secondary N) is 1. The summed E-state index contributed by atoms with van der Waals surface area (Å²) in [4.78, 5) is 0. The van der Waals surface area contributed by atoms with E-state index in [0.717, 1.165) is 32.2 Å². The molecule has 2 atom stereocenters. The Hall–Kier alpha value is -0.810. The second-order valence-corrected chi connectivity index (χ2v) is 7.59. The molecule has 1 N–H and O–H groups in total. The van der Waals surface area contributed by atoms with E-state index in [2.05, 4.69) is 17.6 Å². The van der Waals surface area contributed by atoms with Crippen LogP contribution in [0.2, 0.25) is 0 Å². The number of hydrogen-bond acceptors (Lipinski definition) is 3. The van der Waals surface area contributed by atoms with Gasteiger partial charge in [-0.3, -0.25) is 0 Å². The van der Waals surface area contributed by atoms with E-state index in [9.17, 15) is 8.42 Å². The number of sulfone groups is 1. The quantitative estimate of drug-likeness (QED) is 0.901. The van der Waals surface area contributed by atoms with Gasteiger partial charge in [0.2, 0.25) is 0 Å². The third-order valence-corrected chi connectivity index (χ3v) is 5.38. The maximum atomic E-state index is 11.8. The van der Waals surface area contributed by atoms with Gasteiger partial charge in [-0.2, -0.15) is 0 Å². The normalized spacial score (nSPS) is 25.2. The molecule has 1 aliphatic carbocycles. The highest BCUT2D eigenvalue weighted by molar-refractivity contribution is 7.91. The SMILES string of the molecule is Cn1ccc(CNC2CCCCC2S(C)(=O)=O)c1.